The Balaban J connectivity index is 1.53. The second-order valence-electron chi connectivity index (χ2n) is 7.64. The van der Waals surface area contributed by atoms with E-state index in [1.54, 1.807) is 47.8 Å². The number of anilines is 1. The molecule has 0 N–H and O–H groups in total. The standard InChI is InChI=1S/C24H26N4O4S2/c1-2-32-19-9-10-21-22(17-19)33-24(26-21)28(14-6-13-27-15-12-25-18-27)23(29)11-16-34(30,31)20-7-4-3-5-8-20/h3-5,7-10,12,15,17-18H,2,6,11,13-14,16H2,1H3. The number of benzene rings is 2. The van der Waals surface area contributed by atoms with Crippen LogP contribution in [0.15, 0.2) is 72.1 Å². The number of thiazole rings is 1. The Labute approximate surface area is 202 Å². The first-order chi connectivity index (χ1) is 16.5. The molecule has 0 radical (unpaired) electrons. The van der Waals surface area contributed by atoms with Crippen molar-refractivity contribution in [2.75, 3.05) is 23.8 Å². The number of sulfone groups is 1. The van der Waals surface area contributed by atoms with E-state index in [1.807, 2.05) is 35.9 Å². The highest BCUT2D eigenvalue weighted by Gasteiger charge is 2.23. The van der Waals surface area contributed by atoms with E-state index in [0.29, 0.717) is 31.2 Å². The van der Waals surface area contributed by atoms with Gasteiger partial charge in [-0.15, -0.1) is 0 Å². The second kappa shape index (κ2) is 10.8. The van der Waals surface area contributed by atoms with Crippen LogP contribution < -0.4 is 9.64 Å². The summed E-state index contributed by atoms with van der Waals surface area (Å²) in [5, 5.41) is 0.552. The molecule has 0 aliphatic heterocycles. The molecule has 0 saturated carbocycles. The summed E-state index contributed by atoms with van der Waals surface area (Å²) in [5.74, 6) is 0.221. The third-order valence-corrected chi connectivity index (χ3v) is 8.01. The smallest absolute Gasteiger partial charge is 0.229 e. The molecule has 0 aliphatic carbocycles. The van der Waals surface area contributed by atoms with Gasteiger partial charge in [0.25, 0.3) is 0 Å². The summed E-state index contributed by atoms with van der Waals surface area (Å²) in [6.07, 6.45) is 5.86. The van der Waals surface area contributed by atoms with Gasteiger partial charge in [-0.2, -0.15) is 0 Å². The topological polar surface area (TPSA) is 94.4 Å². The summed E-state index contributed by atoms with van der Waals surface area (Å²) in [7, 11) is -3.56. The minimum Gasteiger partial charge on any atom is -0.494 e. The van der Waals surface area contributed by atoms with Gasteiger partial charge in [-0.1, -0.05) is 29.5 Å². The number of carbonyl (C=O) groups excluding carboxylic acids is 1. The highest BCUT2D eigenvalue weighted by atomic mass is 32.2. The molecule has 1 amide bonds. The van der Waals surface area contributed by atoms with Crippen LogP contribution in [0.3, 0.4) is 0 Å². The van der Waals surface area contributed by atoms with Crippen molar-refractivity contribution < 1.29 is 17.9 Å². The summed E-state index contributed by atoms with van der Waals surface area (Å²) in [6, 6.07) is 13.8. The van der Waals surface area contributed by atoms with Crippen molar-refractivity contribution in [2.45, 2.75) is 31.2 Å². The van der Waals surface area contributed by atoms with Gasteiger partial charge in [0.05, 0.1) is 33.8 Å². The first kappa shape index (κ1) is 23.9. The maximum atomic E-state index is 13.2. The fourth-order valence-corrected chi connectivity index (χ4v) is 5.81. The van der Waals surface area contributed by atoms with Crippen LogP contribution in [0.4, 0.5) is 5.13 Å². The van der Waals surface area contributed by atoms with Crippen molar-refractivity contribution in [1.82, 2.24) is 14.5 Å². The van der Waals surface area contributed by atoms with Crippen LogP contribution in [0.1, 0.15) is 19.8 Å². The van der Waals surface area contributed by atoms with Gasteiger partial charge in [-0.05, 0) is 43.7 Å². The van der Waals surface area contributed by atoms with E-state index in [0.717, 1.165) is 16.0 Å². The molecule has 0 unspecified atom stereocenters. The molecule has 0 fully saturated rings. The van der Waals surface area contributed by atoms with Gasteiger partial charge in [0.2, 0.25) is 5.91 Å². The fraction of sp³-hybridized carbons (Fsp3) is 0.292. The van der Waals surface area contributed by atoms with Crippen molar-refractivity contribution >= 4 is 42.4 Å². The van der Waals surface area contributed by atoms with Crippen molar-refractivity contribution in [3.8, 4) is 5.75 Å². The number of carbonyl (C=O) groups is 1. The van der Waals surface area contributed by atoms with Crippen molar-refractivity contribution in [3.63, 3.8) is 0 Å². The second-order valence-corrected chi connectivity index (χ2v) is 10.8. The molecule has 2 heterocycles. The van der Waals surface area contributed by atoms with Crippen LogP contribution in [-0.2, 0) is 21.2 Å². The van der Waals surface area contributed by atoms with Crippen molar-refractivity contribution in [3.05, 3.63) is 67.3 Å². The lowest BCUT2D eigenvalue weighted by Gasteiger charge is -2.20. The molecule has 8 nitrogen and oxygen atoms in total. The zero-order valence-corrected chi connectivity index (χ0v) is 20.5. The molecule has 4 rings (SSSR count). The van der Waals surface area contributed by atoms with Gasteiger partial charge >= 0.3 is 0 Å². The largest absolute Gasteiger partial charge is 0.494 e. The van der Waals surface area contributed by atoms with E-state index < -0.39 is 9.84 Å². The van der Waals surface area contributed by atoms with Crippen LogP contribution in [0.2, 0.25) is 0 Å². The minimum absolute atomic E-state index is 0.123. The van der Waals surface area contributed by atoms with E-state index in [2.05, 4.69) is 9.97 Å². The number of hydrogen-bond donors (Lipinski definition) is 0. The number of hydrogen-bond acceptors (Lipinski definition) is 7. The quantitative estimate of drug-likeness (QED) is 0.308. The van der Waals surface area contributed by atoms with Crippen LogP contribution in [0, 0.1) is 0 Å². The van der Waals surface area contributed by atoms with E-state index in [9.17, 15) is 13.2 Å². The lowest BCUT2D eigenvalue weighted by atomic mass is 10.3. The van der Waals surface area contributed by atoms with Crippen LogP contribution in [0.25, 0.3) is 10.2 Å². The van der Waals surface area contributed by atoms with Gasteiger partial charge in [-0.3, -0.25) is 9.69 Å². The number of aromatic nitrogens is 3. The van der Waals surface area contributed by atoms with Crippen LogP contribution in [0.5, 0.6) is 5.75 Å². The van der Waals surface area contributed by atoms with E-state index in [4.69, 9.17) is 4.74 Å². The molecule has 0 bridgehead atoms. The van der Waals surface area contributed by atoms with Gasteiger partial charge < -0.3 is 9.30 Å². The Hall–Kier alpha value is -3.24. The van der Waals surface area contributed by atoms with Crippen LogP contribution in [-0.4, -0.2) is 47.8 Å². The predicted molar refractivity (Wildman–Crippen MR) is 133 cm³/mol. The van der Waals surface area contributed by atoms with Gasteiger partial charge in [0.15, 0.2) is 15.0 Å². The summed E-state index contributed by atoms with van der Waals surface area (Å²) in [5.41, 5.74) is 0.771. The Morgan fingerprint density at radius 2 is 2.00 bits per heavy atom. The molecular weight excluding hydrogens is 472 g/mol. The van der Waals surface area contributed by atoms with E-state index in [-0.39, 0.29) is 23.0 Å². The number of aryl methyl sites for hydroxylation is 1. The van der Waals surface area contributed by atoms with Gasteiger partial charge in [0.1, 0.15) is 5.75 Å². The number of nitrogens with zero attached hydrogens (tertiary/aromatic N) is 4. The zero-order valence-electron chi connectivity index (χ0n) is 18.8. The Morgan fingerprint density at radius 1 is 1.18 bits per heavy atom. The molecule has 178 valence electrons. The average molecular weight is 499 g/mol. The summed E-state index contributed by atoms with van der Waals surface area (Å²) >= 11 is 1.40. The Bertz CT molecular complexity index is 1340. The van der Waals surface area contributed by atoms with Crippen molar-refractivity contribution in [2.24, 2.45) is 0 Å². The first-order valence-electron chi connectivity index (χ1n) is 11.0. The lowest BCUT2D eigenvalue weighted by molar-refractivity contribution is -0.118. The van der Waals surface area contributed by atoms with Crippen molar-refractivity contribution in [1.29, 1.82) is 0 Å². The highest BCUT2D eigenvalue weighted by Crippen LogP contribution is 2.32. The third-order valence-electron chi connectivity index (χ3n) is 5.24. The monoisotopic (exact) mass is 498 g/mol. The molecule has 0 saturated heterocycles. The molecule has 4 aromatic rings. The molecule has 2 aromatic carbocycles. The summed E-state index contributed by atoms with van der Waals surface area (Å²) < 4.78 is 33.8. The first-order valence-corrected chi connectivity index (χ1v) is 13.5. The third kappa shape index (κ3) is 5.81. The molecule has 2 aromatic heterocycles. The Morgan fingerprint density at radius 3 is 2.74 bits per heavy atom. The summed E-state index contributed by atoms with van der Waals surface area (Å²) in [6.45, 7) is 3.59. The molecule has 0 spiro atoms. The normalized spacial score (nSPS) is 11.6. The number of amides is 1. The minimum atomic E-state index is -3.56. The Kier molecular flexibility index (Phi) is 7.59. The molecule has 0 aliphatic rings. The van der Waals surface area contributed by atoms with Gasteiger partial charge in [0, 0.05) is 31.9 Å². The average Bonchev–Trinajstić information content (AvgIpc) is 3.51. The predicted octanol–water partition coefficient (Wildman–Crippen LogP) is 4.18. The maximum Gasteiger partial charge on any atom is 0.229 e. The summed E-state index contributed by atoms with van der Waals surface area (Å²) in [4.78, 5) is 23.8. The molecule has 34 heavy (non-hydrogen) atoms. The number of fused-ring (bicyclic) bond motifs is 1. The molecule has 10 heteroatoms. The molecule has 0 atom stereocenters. The highest BCUT2D eigenvalue weighted by molar-refractivity contribution is 7.91. The zero-order chi connectivity index (χ0) is 24.0. The van der Waals surface area contributed by atoms with Gasteiger partial charge in [-0.25, -0.2) is 18.4 Å². The number of ether oxygens (including phenoxy) is 1. The SMILES string of the molecule is CCOc1ccc2nc(N(CCCn3ccnc3)C(=O)CCS(=O)(=O)c3ccccc3)sc2c1. The van der Waals surface area contributed by atoms with Crippen LogP contribution >= 0.6 is 11.3 Å². The fourth-order valence-electron chi connectivity index (χ4n) is 3.52. The maximum absolute atomic E-state index is 13.2. The number of imidazole rings is 1. The van der Waals surface area contributed by atoms with E-state index in [1.165, 1.54) is 11.3 Å². The number of rotatable bonds is 11. The van der Waals surface area contributed by atoms with E-state index >= 15 is 0 Å². The molecular formula is C24H26N4O4S2. The lowest BCUT2D eigenvalue weighted by Crippen LogP contribution is -2.33.